The van der Waals surface area contributed by atoms with Crippen molar-refractivity contribution >= 4 is 17.9 Å². The summed E-state index contributed by atoms with van der Waals surface area (Å²) < 4.78 is 30.0. The number of carboxylic acid groups (broad SMARTS) is 1. The molecule has 0 aliphatic heterocycles. The smallest absolute Gasteiger partial charge is 0.329 e. The highest BCUT2D eigenvalue weighted by molar-refractivity contribution is 5.94. The Morgan fingerprint density at radius 1 is 1.14 bits per heavy atom. The lowest BCUT2D eigenvalue weighted by Crippen LogP contribution is -2.41. The van der Waals surface area contributed by atoms with Crippen molar-refractivity contribution in [2.75, 3.05) is 13.2 Å². The van der Waals surface area contributed by atoms with Gasteiger partial charge in [0.2, 0.25) is 0 Å². The third kappa shape index (κ3) is 6.43. The molecule has 114 valence electrons. The van der Waals surface area contributed by atoms with Gasteiger partial charge in [-0.3, -0.25) is 10.1 Å². The Balaban J connectivity index is 2.31. The number of amides is 3. The van der Waals surface area contributed by atoms with Crippen molar-refractivity contribution < 1.29 is 33.0 Å². The third-order valence-electron chi connectivity index (χ3n) is 2.15. The normalized spacial score (nSPS) is 10.0. The maximum Gasteiger partial charge on any atom is 0.329 e. The van der Waals surface area contributed by atoms with Crippen LogP contribution in [0.4, 0.5) is 13.6 Å². The Kier molecular flexibility index (Phi) is 6.21. The average molecular weight is 302 g/mol. The number of carbonyl (C=O) groups is 3. The van der Waals surface area contributed by atoms with Crippen LogP contribution in [0.25, 0.3) is 0 Å². The zero-order chi connectivity index (χ0) is 15.8. The van der Waals surface area contributed by atoms with E-state index < -0.39 is 42.8 Å². The van der Waals surface area contributed by atoms with Crippen LogP contribution in [0, 0.1) is 11.6 Å². The Bertz CT molecular complexity index is 550. The van der Waals surface area contributed by atoms with Crippen molar-refractivity contribution in [3.8, 4) is 0 Å². The van der Waals surface area contributed by atoms with E-state index in [-0.39, 0.29) is 6.54 Å². The second kappa shape index (κ2) is 7.90. The number of ether oxygens (including phenoxy) is 1. The lowest BCUT2D eigenvalue weighted by Gasteiger charge is -2.07. The van der Waals surface area contributed by atoms with Gasteiger partial charge in [0.25, 0.3) is 5.91 Å². The monoisotopic (exact) mass is 302 g/mol. The standard InChI is InChI=1S/C12H12F2N2O5/c13-8-2-1-7(3-9(8)14)4-15-12(20)16-10(17)5-21-6-11(18)19/h1-3H,4-6H2,(H,18,19)(H2,15,16,17,20). The van der Waals surface area contributed by atoms with Gasteiger partial charge in [-0.15, -0.1) is 0 Å². The number of rotatable bonds is 6. The number of carbonyl (C=O) groups excluding carboxylic acids is 2. The summed E-state index contributed by atoms with van der Waals surface area (Å²) >= 11 is 0. The molecule has 0 atom stereocenters. The van der Waals surface area contributed by atoms with Crippen LogP contribution in [0.15, 0.2) is 18.2 Å². The Morgan fingerprint density at radius 3 is 2.48 bits per heavy atom. The number of urea groups is 1. The van der Waals surface area contributed by atoms with Gasteiger partial charge >= 0.3 is 12.0 Å². The quantitative estimate of drug-likeness (QED) is 0.705. The maximum atomic E-state index is 12.9. The number of hydrogen-bond acceptors (Lipinski definition) is 4. The van der Waals surface area contributed by atoms with Gasteiger partial charge in [-0.25, -0.2) is 18.4 Å². The van der Waals surface area contributed by atoms with Gasteiger partial charge < -0.3 is 15.2 Å². The largest absolute Gasteiger partial charge is 0.480 e. The fourth-order valence-electron chi connectivity index (χ4n) is 1.27. The van der Waals surface area contributed by atoms with Crippen LogP contribution in [0.3, 0.4) is 0 Å². The number of halogens is 2. The molecule has 21 heavy (non-hydrogen) atoms. The topological polar surface area (TPSA) is 105 Å². The van der Waals surface area contributed by atoms with Crippen LogP contribution in [0.5, 0.6) is 0 Å². The van der Waals surface area contributed by atoms with Gasteiger partial charge in [0, 0.05) is 6.54 Å². The second-order valence-corrected chi connectivity index (χ2v) is 3.87. The minimum absolute atomic E-state index is 0.119. The van der Waals surface area contributed by atoms with E-state index in [0.29, 0.717) is 5.56 Å². The highest BCUT2D eigenvalue weighted by atomic mass is 19.2. The fourth-order valence-corrected chi connectivity index (χ4v) is 1.27. The molecule has 3 N–H and O–H groups in total. The Morgan fingerprint density at radius 2 is 1.86 bits per heavy atom. The number of benzene rings is 1. The van der Waals surface area contributed by atoms with Gasteiger partial charge in [0.15, 0.2) is 11.6 Å². The summed E-state index contributed by atoms with van der Waals surface area (Å²) in [6.07, 6.45) is 0. The van der Waals surface area contributed by atoms with Crippen molar-refractivity contribution in [1.29, 1.82) is 0 Å². The zero-order valence-electron chi connectivity index (χ0n) is 10.7. The highest BCUT2D eigenvalue weighted by Crippen LogP contribution is 2.08. The molecule has 0 saturated carbocycles. The molecule has 3 amide bonds. The number of nitrogens with one attached hydrogen (secondary N) is 2. The molecule has 0 fully saturated rings. The molecular weight excluding hydrogens is 290 g/mol. The van der Waals surface area contributed by atoms with Gasteiger partial charge in [0.1, 0.15) is 13.2 Å². The molecule has 0 aromatic heterocycles. The van der Waals surface area contributed by atoms with Gasteiger partial charge in [-0.2, -0.15) is 0 Å². The first-order chi connectivity index (χ1) is 9.88. The van der Waals surface area contributed by atoms with Crippen molar-refractivity contribution in [1.82, 2.24) is 10.6 Å². The molecule has 0 unspecified atom stereocenters. The molecule has 1 aromatic carbocycles. The third-order valence-corrected chi connectivity index (χ3v) is 2.15. The van der Waals surface area contributed by atoms with Gasteiger partial charge in [-0.05, 0) is 17.7 Å². The van der Waals surface area contributed by atoms with E-state index in [9.17, 15) is 23.2 Å². The first-order valence-electron chi connectivity index (χ1n) is 5.69. The van der Waals surface area contributed by atoms with Crippen LogP contribution < -0.4 is 10.6 Å². The molecule has 0 radical (unpaired) electrons. The van der Waals surface area contributed by atoms with Crippen LogP contribution in [-0.2, 0) is 20.9 Å². The van der Waals surface area contributed by atoms with Gasteiger partial charge in [-0.1, -0.05) is 6.07 Å². The van der Waals surface area contributed by atoms with Crippen LogP contribution in [-0.4, -0.2) is 36.2 Å². The molecular formula is C12H12F2N2O5. The molecule has 0 aliphatic carbocycles. The van der Waals surface area contributed by atoms with Crippen molar-refractivity contribution in [3.05, 3.63) is 35.4 Å². The number of imide groups is 1. The summed E-state index contributed by atoms with van der Waals surface area (Å²) in [6, 6.07) is 2.22. The SMILES string of the molecule is O=C(O)COCC(=O)NC(=O)NCc1ccc(F)c(F)c1. The molecule has 0 spiro atoms. The van der Waals surface area contributed by atoms with Crippen molar-refractivity contribution in [2.45, 2.75) is 6.54 Å². The van der Waals surface area contributed by atoms with Crippen LogP contribution in [0.1, 0.15) is 5.56 Å². The summed E-state index contributed by atoms with van der Waals surface area (Å²) in [4.78, 5) is 32.6. The summed E-state index contributed by atoms with van der Waals surface area (Å²) in [5.74, 6) is -4.13. The first-order valence-corrected chi connectivity index (χ1v) is 5.69. The van der Waals surface area contributed by atoms with E-state index in [2.05, 4.69) is 10.1 Å². The predicted octanol–water partition coefficient (Wildman–Crippen LogP) is 0.392. The Hall–Kier alpha value is -2.55. The second-order valence-electron chi connectivity index (χ2n) is 3.87. The van der Waals surface area contributed by atoms with Crippen LogP contribution in [0.2, 0.25) is 0 Å². The summed E-state index contributed by atoms with van der Waals surface area (Å²) in [5.41, 5.74) is 0.304. The van der Waals surface area contributed by atoms with E-state index in [1.54, 1.807) is 0 Å². The summed E-state index contributed by atoms with van der Waals surface area (Å²) in [7, 11) is 0. The van der Waals surface area contributed by atoms with Crippen molar-refractivity contribution in [3.63, 3.8) is 0 Å². The van der Waals surface area contributed by atoms with E-state index in [0.717, 1.165) is 12.1 Å². The minimum Gasteiger partial charge on any atom is -0.480 e. The van der Waals surface area contributed by atoms with E-state index in [4.69, 9.17) is 5.11 Å². The fraction of sp³-hybridized carbons (Fsp3) is 0.250. The molecule has 0 saturated heterocycles. The van der Waals surface area contributed by atoms with E-state index in [1.807, 2.05) is 5.32 Å². The molecule has 0 heterocycles. The maximum absolute atomic E-state index is 12.9. The zero-order valence-corrected chi connectivity index (χ0v) is 10.7. The predicted molar refractivity (Wildman–Crippen MR) is 65.2 cm³/mol. The van der Waals surface area contributed by atoms with E-state index >= 15 is 0 Å². The molecule has 9 heteroatoms. The average Bonchev–Trinajstić information content (AvgIpc) is 2.39. The summed E-state index contributed by atoms with van der Waals surface area (Å²) in [5, 5.41) is 12.4. The molecule has 0 bridgehead atoms. The van der Waals surface area contributed by atoms with E-state index in [1.165, 1.54) is 6.07 Å². The number of carboxylic acids is 1. The molecule has 1 aromatic rings. The minimum atomic E-state index is -1.24. The lowest BCUT2D eigenvalue weighted by atomic mass is 10.2. The van der Waals surface area contributed by atoms with Crippen molar-refractivity contribution in [2.24, 2.45) is 0 Å². The molecule has 0 aliphatic rings. The number of aliphatic carboxylic acids is 1. The first kappa shape index (κ1) is 16.5. The summed E-state index contributed by atoms with van der Waals surface area (Å²) in [6.45, 7) is -1.37. The molecule has 7 nitrogen and oxygen atoms in total. The Labute approximate surface area is 117 Å². The number of hydrogen-bond donors (Lipinski definition) is 3. The molecule has 1 rings (SSSR count). The van der Waals surface area contributed by atoms with Crippen LogP contribution >= 0.6 is 0 Å². The lowest BCUT2D eigenvalue weighted by molar-refractivity contribution is -0.143. The van der Waals surface area contributed by atoms with Gasteiger partial charge in [0.05, 0.1) is 0 Å². The highest BCUT2D eigenvalue weighted by Gasteiger charge is 2.09.